The van der Waals surface area contributed by atoms with E-state index >= 15 is 0 Å². The third kappa shape index (κ3) is 10.7. The fraction of sp³-hybridized carbons (Fsp3) is 1.00. The fourth-order valence-electron chi connectivity index (χ4n) is 1.28. The van der Waals surface area contributed by atoms with E-state index in [4.69, 9.17) is 4.74 Å². The molecule has 0 fully saturated rings. The Kier molecular flexibility index (Phi) is 8.77. The number of nitrogens with zero attached hydrogens (tertiary/aromatic N) is 1. The molecule has 0 heterocycles. The summed E-state index contributed by atoms with van der Waals surface area (Å²) in [6.07, 6.45) is 0. The van der Waals surface area contributed by atoms with Gasteiger partial charge in [0.1, 0.15) is 0 Å². The zero-order valence-corrected chi connectivity index (χ0v) is 12.2. The molecule has 5 nitrogen and oxygen atoms in total. The molecule has 0 aromatic rings. The summed E-state index contributed by atoms with van der Waals surface area (Å²) in [4.78, 5) is 2.06. The third-order valence-electron chi connectivity index (χ3n) is 2.37. The smallest absolute Gasteiger partial charge is 0.151 e. The van der Waals surface area contributed by atoms with E-state index in [2.05, 4.69) is 10.2 Å². The average molecular weight is 266 g/mol. The molecule has 0 aromatic carbocycles. The van der Waals surface area contributed by atoms with Gasteiger partial charge in [0.05, 0.1) is 19.0 Å². The van der Waals surface area contributed by atoms with Gasteiger partial charge in [-0.15, -0.1) is 0 Å². The predicted molar refractivity (Wildman–Crippen MR) is 71.2 cm³/mol. The van der Waals surface area contributed by atoms with Crippen LogP contribution in [0.5, 0.6) is 0 Å². The molecule has 0 aliphatic rings. The van der Waals surface area contributed by atoms with Crippen molar-refractivity contribution < 1.29 is 13.2 Å². The second-order valence-corrected chi connectivity index (χ2v) is 6.87. The SMILES string of the molecule is CCS(=O)(=O)CC(C)NCCOCCN(C)C. The highest BCUT2D eigenvalue weighted by Crippen LogP contribution is 1.93. The van der Waals surface area contributed by atoms with Crippen LogP contribution < -0.4 is 5.32 Å². The van der Waals surface area contributed by atoms with Crippen LogP contribution >= 0.6 is 0 Å². The number of sulfone groups is 1. The van der Waals surface area contributed by atoms with Gasteiger partial charge in [-0.25, -0.2) is 8.42 Å². The van der Waals surface area contributed by atoms with Gasteiger partial charge in [0.15, 0.2) is 9.84 Å². The zero-order chi connectivity index (χ0) is 13.3. The summed E-state index contributed by atoms with van der Waals surface area (Å²) in [6, 6.07) is -0.0163. The van der Waals surface area contributed by atoms with Crippen molar-refractivity contribution in [3.8, 4) is 0 Å². The van der Waals surface area contributed by atoms with E-state index < -0.39 is 9.84 Å². The van der Waals surface area contributed by atoms with Gasteiger partial charge in [-0.2, -0.15) is 0 Å². The first-order valence-corrected chi connectivity index (χ1v) is 7.85. The van der Waals surface area contributed by atoms with E-state index in [-0.39, 0.29) is 17.5 Å². The second-order valence-electron chi connectivity index (χ2n) is 4.47. The minimum atomic E-state index is -2.89. The topological polar surface area (TPSA) is 58.6 Å². The average Bonchev–Trinajstić information content (AvgIpc) is 2.22. The van der Waals surface area contributed by atoms with Gasteiger partial charge < -0.3 is 15.0 Å². The molecule has 0 aliphatic carbocycles. The summed E-state index contributed by atoms with van der Waals surface area (Å²) in [5, 5.41) is 3.14. The Labute approximate surface area is 105 Å². The van der Waals surface area contributed by atoms with Crippen molar-refractivity contribution in [3.63, 3.8) is 0 Å². The Morgan fingerprint density at radius 3 is 2.47 bits per heavy atom. The highest BCUT2D eigenvalue weighted by Gasteiger charge is 2.12. The third-order valence-corrected chi connectivity index (χ3v) is 4.25. The van der Waals surface area contributed by atoms with Crippen LogP contribution in [0.4, 0.5) is 0 Å². The normalized spacial score (nSPS) is 14.2. The van der Waals surface area contributed by atoms with Crippen LogP contribution in [0.25, 0.3) is 0 Å². The van der Waals surface area contributed by atoms with Gasteiger partial charge in [0.2, 0.25) is 0 Å². The molecule has 0 saturated heterocycles. The standard InChI is InChI=1S/C11H26N2O3S/c1-5-17(14,15)10-11(2)12-6-8-16-9-7-13(3)4/h11-12H,5-10H2,1-4H3. The minimum absolute atomic E-state index is 0.0163. The number of likely N-dealkylation sites (N-methyl/N-ethyl adjacent to an activating group) is 1. The molecule has 0 spiro atoms. The summed E-state index contributed by atoms with van der Waals surface area (Å²) in [5.74, 6) is 0.402. The predicted octanol–water partition coefficient (Wildman–Crippen LogP) is -0.0226. The Morgan fingerprint density at radius 1 is 1.29 bits per heavy atom. The maximum absolute atomic E-state index is 11.3. The summed E-state index contributed by atoms with van der Waals surface area (Å²) in [5.41, 5.74) is 0. The van der Waals surface area contributed by atoms with E-state index in [0.29, 0.717) is 19.8 Å². The largest absolute Gasteiger partial charge is 0.379 e. The number of hydrogen-bond donors (Lipinski definition) is 1. The van der Waals surface area contributed by atoms with Crippen molar-refractivity contribution in [1.82, 2.24) is 10.2 Å². The summed E-state index contributed by atoms with van der Waals surface area (Å²) >= 11 is 0. The molecule has 104 valence electrons. The molecular formula is C11H26N2O3S. The lowest BCUT2D eigenvalue weighted by molar-refractivity contribution is 0.118. The van der Waals surface area contributed by atoms with Crippen molar-refractivity contribution >= 4 is 9.84 Å². The van der Waals surface area contributed by atoms with Gasteiger partial charge in [0.25, 0.3) is 0 Å². The van der Waals surface area contributed by atoms with Crippen LogP contribution in [0.1, 0.15) is 13.8 Å². The van der Waals surface area contributed by atoms with Crippen molar-refractivity contribution in [1.29, 1.82) is 0 Å². The lowest BCUT2D eigenvalue weighted by atomic mass is 10.4. The van der Waals surface area contributed by atoms with Crippen LogP contribution in [0.15, 0.2) is 0 Å². The lowest BCUT2D eigenvalue weighted by Gasteiger charge is -2.14. The molecule has 0 saturated carbocycles. The molecule has 6 heteroatoms. The van der Waals surface area contributed by atoms with Crippen LogP contribution in [0, 0.1) is 0 Å². The van der Waals surface area contributed by atoms with Crippen molar-refractivity contribution in [3.05, 3.63) is 0 Å². The molecular weight excluding hydrogens is 240 g/mol. The first-order chi connectivity index (χ1) is 7.87. The second kappa shape index (κ2) is 8.85. The monoisotopic (exact) mass is 266 g/mol. The highest BCUT2D eigenvalue weighted by molar-refractivity contribution is 7.91. The van der Waals surface area contributed by atoms with E-state index in [1.54, 1.807) is 6.92 Å². The molecule has 0 aromatic heterocycles. The number of hydrogen-bond acceptors (Lipinski definition) is 5. The minimum Gasteiger partial charge on any atom is -0.379 e. The lowest BCUT2D eigenvalue weighted by Crippen LogP contribution is -2.36. The Hall–Kier alpha value is -0.170. The molecule has 0 rings (SSSR count). The van der Waals surface area contributed by atoms with E-state index in [1.807, 2.05) is 21.0 Å². The van der Waals surface area contributed by atoms with Crippen LogP contribution in [-0.4, -0.2) is 71.3 Å². The first-order valence-electron chi connectivity index (χ1n) is 6.03. The zero-order valence-electron chi connectivity index (χ0n) is 11.4. The van der Waals surface area contributed by atoms with Gasteiger partial charge in [-0.1, -0.05) is 6.92 Å². The quantitative estimate of drug-likeness (QED) is 0.563. The first kappa shape index (κ1) is 16.8. The van der Waals surface area contributed by atoms with Gasteiger partial charge in [-0.05, 0) is 21.0 Å². The molecule has 17 heavy (non-hydrogen) atoms. The van der Waals surface area contributed by atoms with E-state index in [0.717, 1.165) is 6.54 Å². The maximum Gasteiger partial charge on any atom is 0.151 e. The Balaban J connectivity index is 3.49. The Bertz CT molecular complexity index is 278. The van der Waals surface area contributed by atoms with Crippen LogP contribution in [-0.2, 0) is 14.6 Å². The molecule has 0 aliphatic heterocycles. The van der Waals surface area contributed by atoms with E-state index in [1.165, 1.54) is 0 Å². The van der Waals surface area contributed by atoms with Crippen LogP contribution in [0.3, 0.4) is 0 Å². The Morgan fingerprint density at radius 2 is 1.94 bits per heavy atom. The molecule has 0 amide bonds. The number of nitrogens with one attached hydrogen (secondary N) is 1. The van der Waals surface area contributed by atoms with Gasteiger partial charge >= 0.3 is 0 Å². The van der Waals surface area contributed by atoms with Crippen molar-refractivity contribution in [2.24, 2.45) is 0 Å². The van der Waals surface area contributed by atoms with Gasteiger partial charge in [0, 0.05) is 24.9 Å². The summed E-state index contributed by atoms with van der Waals surface area (Å²) in [6.45, 7) is 6.47. The number of ether oxygens (including phenoxy) is 1. The van der Waals surface area contributed by atoms with Crippen LogP contribution in [0.2, 0.25) is 0 Å². The molecule has 1 N–H and O–H groups in total. The highest BCUT2D eigenvalue weighted by atomic mass is 32.2. The molecule has 1 atom stereocenters. The summed E-state index contributed by atoms with van der Waals surface area (Å²) < 4.78 is 28.1. The summed E-state index contributed by atoms with van der Waals surface area (Å²) in [7, 11) is 1.11. The van der Waals surface area contributed by atoms with Crippen molar-refractivity contribution in [2.75, 3.05) is 51.9 Å². The molecule has 1 unspecified atom stereocenters. The molecule has 0 radical (unpaired) electrons. The van der Waals surface area contributed by atoms with Crippen molar-refractivity contribution in [2.45, 2.75) is 19.9 Å². The molecule has 0 bridgehead atoms. The van der Waals surface area contributed by atoms with Gasteiger partial charge in [-0.3, -0.25) is 0 Å². The fourth-order valence-corrected chi connectivity index (χ4v) is 2.40. The maximum atomic E-state index is 11.3. The van der Waals surface area contributed by atoms with E-state index in [9.17, 15) is 8.42 Å². The number of rotatable bonds is 10.